The maximum Gasteiger partial charge on any atom is 2.00 e. The van der Waals surface area contributed by atoms with Crippen LogP contribution < -0.4 is 0 Å². The van der Waals surface area contributed by atoms with E-state index in [1.807, 2.05) is 0 Å². The number of hydrogen-bond donors (Lipinski definition) is 2. The molecule has 0 aliphatic heterocycles. The quantitative estimate of drug-likeness (QED) is 0.486. The van der Waals surface area contributed by atoms with Gasteiger partial charge in [-0.1, -0.05) is 0 Å². The fraction of sp³-hybridized carbons (Fsp3) is 0. The van der Waals surface area contributed by atoms with Crippen LogP contribution in [0.5, 0.6) is 0 Å². The van der Waals surface area contributed by atoms with E-state index in [1.165, 1.54) is 0 Å². The Hall–Kier alpha value is -0.824. The van der Waals surface area contributed by atoms with E-state index in [0.717, 1.165) is 0 Å². The van der Waals surface area contributed by atoms with Crippen molar-refractivity contribution < 1.29 is 0 Å². The summed E-state index contributed by atoms with van der Waals surface area (Å²) in [5, 5.41) is 18.7. The number of nitrogens with one attached hydrogen (secondary N) is 2. The van der Waals surface area contributed by atoms with Gasteiger partial charge in [0.1, 0.15) is 0 Å². The van der Waals surface area contributed by atoms with E-state index in [9.17, 15) is 0 Å². The molecule has 0 fully saturated rings. The molecule has 60 valence electrons. The molecule has 0 aliphatic carbocycles. The number of hydrogen-bond acceptors (Lipinski definition) is 4. The molecule has 9 heteroatoms. The zero-order valence-electron chi connectivity index (χ0n) is 6.96. The third-order valence-corrected chi connectivity index (χ3v) is 0.662. The van der Waals surface area contributed by atoms with Gasteiger partial charge >= 0.3 is 23.1 Å². The van der Waals surface area contributed by atoms with Gasteiger partial charge in [-0.25, -0.2) is 0 Å². The van der Waals surface area contributed by atoms with Crippen molar-refractivity contribution in [3.8, 4) is 0 Å². The molecule has 0 aliphatic rings. The Morgan fingerprint density at radius 2 is 0.846 bits per heavy atom. The smallest absolute Gasteiger partial charge is 1.00 e. The number of aromatic amines is 2. The number of aromatic nitrogens is 6. The van der Waals surface area contributed by atoms with Crippen LogP contribution in [0, 0.1) is 0 Å². The second-order valence-electron chi connectivity index (χ2n) is 1.31. The molecule has 6 nitrogen and oxygen atoms in total. The minimum atomic E-state index is 0. The average molecular weight is 184 g/mol. The molecule has 0 atom stereocenters. The molecule has 2 aromatic rings. The van der Waals surface area contributed by atoms with Crippen molar-refractivity contribution in [1.29, 1.82) is 0 Å². The molecule has 2 N–H and O–H groups in total. The van der Waals surface area contributed by atoms with Crippen molar-refractivity contribution >= 4 is 39.9 Å². The van der Waals surface area contributed by atoms with Crippen LogP contribution >= 0.6 is 0 Å². The second kappa shape index (κ2) is 13.7. The van der Waals surface area contributed by atoms with Gasteiger partial charge in [-0.3, -0.25) is 0 Å². The zero-order chi connectivity index (χ0) is 7.07. The van der Waals surface area contributed by atoms with E-state index in [0.29, 0.717) is 0 Å². The van der Waals surface area contributed by atoms with Gasteiger partial charge in [0.25, 0.3) is 0 Å². The predicted molar refractivity (Wildman–Crippen MR) is 50.0 cm³/mol. The molecule has 0 aromatic carbocycles. The Morgan fingerprint density at radius 3 is 0.923 bits per heavy atom. The Kier molecular flexibility index (Phi) is 19.1. The van der Waals surface area contributed by atoms with E-state index >= 15 is 0 Å². The monoisotopic (exact) mass is 184 g/mol. The van der Waals surface area contributed by atoms with Crippen LogP contribution in [0.15, 0.2) is 24.8 Å². The molecule has 0 unspecified atom stereocenters. The summed E-state index contributed by atoms with van der Waals surface area (Å²) < 4.78 is 0. The van der Waals surface area contributed by atoms with Crippen molar-refractivity contribution in [2.24, 2.45) is 0 Å². The van der Waals surface area contributed by atoms with E-state index < -0.39 is 0 Å². The summed E-state index contributed by atoms with van der Waals surface area (Å²) in [4.78, 5) is 0. The van der Waals surface area contributed by atoms with Gasteiger partial charge in [-0.05, 0) is 0 Å². The van der Waals surface area contributed by atoms with Crippen molar-refractivity contribution in [2.75, 3.05) is 0 Å². The summed E-state index contributed by atoms with van der Waals surface area (Å²) in [6.45, 7) is 0. The SMILES string of the molecule is [B-].[B-].[Mg+2].c1cn[nH]n1.c1cn[nH]n1. The summed E-state index contributed by atoms with van der Waals surface area (Å²) in [6.07, 6.45) is 6.33. The molecule has 2 rings (SSSR count). The normalized spacial score (nSPS) is 6.15. The Bertz CT molecular complexity index is 162. The van der Waals surface area contributed by atoms with Crippen LogP contribution in [-0.4, -0.2) is 70.7 Å². The van der Waals surface area contributed by atoms with E-state index in [1.54, 1.807) is 24.8 Å². The molecule has 2 aromatic heterocycles. The van der Waals surface area contributed by atoms with Crippen molar-refractivity contribution in [3.63, 3.8) is 0 Å². The molecule has 0 spiro atoms. The van der Waals surface area contributed by atoms with Gasteiger partial charge in [0.05, 0.1) is 24.8 Å². The fourth-order valence-electron chi connectivity index (χ4n) is 0.333. The van der Waals surface area contributed by atoms with E-state index in [-0.39, 0.29) is 39.9 Å². The number of nitrogens with zero attached hydrogens (tertiary/aromatic N) is 4. The first-order chi connectivity index (χ1) is 5.00. The van der Waals surface area contributed by atoms with Crippen molar-refractivity contribution in [1.82, 2.24) is 30.8 Å². The summed E-state index contributed by atoms with van der Waals surface area (Å²) >= 11 is 0. The molecule has 2 heterocycles. The fourth-order valence-corrected chi connectivity index (χ4v) is 0.333. The Balaban J connectivity index is -0.000000125. The number of H-pyrrole nitrogens is 2. The summed E-state index contributed by atoms with van der Waals surface area (Å²) in [5.41, 5.74) is 0. The Morgan fingerprint density at radius 1 is 0.615 bits per heavy atom. The van der Waals surface area contributed by atoms with E-state index in [2.05, 4.69) is 30.8 Å². The van der Waals surface area contributed by atoms with Gasteiger partial charge in [0, 0.05) is 0 Å². The molecule has 8 radical (unpaired) electrons. The topological polar surface area (TPSA) is 83.1 Å². The first kappa shape index (κ1) is 18.1. The van der Waals surface area contributed by atoms with Gasteiger partial charge in [0.2, 0.25) is 0 Å². The van der Waals surface area contributed by atoms with Gasteiger partial charge < -0.3 is 16.8 Å². The molecule has 0 amide bonds. The first-order valence-electron chi connectivity index (χ1n) is 2.59. The minimum absolute atomic E-state index is 0. The van der Waals surface area contributed by atoms with Crippen LogP contribution in [0.25, 0.3) is 0 Å². The van der Waals surface area contributed by atoms with E-state index in [4.69, 9.17) is 0 Å². The maximum absolute atomic E-state index is 3.49. The molecule has 0 bridgehead atoms. The predicted octanol–water partition coefficient (Wildman–Crippen LogP) is -1.53. The van der Waals surface area contributed by atoms with Crippen LogP contribution in [-0.2, 0) is 0 Å². The first-order valence-corrected chi connectivity index (χ1v) is 2.59. The number of rotatable bonds is 0. The average Bonchev–Trinajstić information content (AvgIpc) is 2.67. The Labute approximate surface area is 95.6 Å². The van der Waals surface area contributed by atoms with Crippen LogP contribution in [0.2, 0.25) is 0 Å². The summed E-state index contributed by atoms with van der Waals surface area (Å²) in [6, 6.07) is 0. The molecule has 0 saturated heterocycles. The second-order valence-corrected chi connectivity index (χ2v) is 1.31. The molecule has 0 saturated carbocycles. The van der Waals surface area contributed by atoms with Crippen molar-refractivity contribution in [2.45, 2.75) is 0 Å². The summed E-state index contributed by atoms with van der Waals surface area (Å²) in [5.74, 6) is 0. The zero-order valence-corrected chi connectivity index (χ0v) is 8.37. The maximum atomic E-state index is 3.49. The molecular formula is C4H6B2MgN6. The summed E-state index contributed by atoms with van der Waals surface area (Å²) in [7, 11) is 0. The molecular weight excluding hydrogens is 178 g/mol. The molecule has 13 heavy (non-hydrogen) atoms. The van der Waals surface area contributed by atoms with Crippen LogP contribution in [0.1, 0.15) is 0 Å². The van der Waals surface area contributed by atoms with Gasteiger partial charge in [-0.2, -0.15) is 30.8 Å². The van der Waals surface area contributed by atoms with Crippen molar-refractivity contribution in [3.05, 3.63) is 24.8 Å². The largest absolute Gasteiger partial charge is 2.00 e. The van der Waals surface area contributed by atoms with Gasteiger partial charge in [0.15, 0.2) is 0 Å². The van der Waals surface area contributed by atoms with Crippen LogP contribution in [0.3, 0.4) is 0 Å². The van der Waals surface area contributed by atoms with Gasteiger partial charge in [-0.15, -0.1) is 0 Å². The standard InChI is InChI=1S/2C2H3N3.2B.Mg/c2*1-2-4-5-3-1;;;/h2*1-2H,(H,3,4,5);;;/q;;2*-1;+2. The third kappa shape index (κ3) is 11.2. The third-order valence-electron chi connectivity index (χ3n) is 0.662. The van der Waals surface area contributed by atoms with Crippen LogP contribution in [0.4, 0.5) is 0 Å². The minimum Gasteiger partial charge on any atom is -1.00 e.